The van der Waals surface area contributed by atoms with Gasteiger partial charge in [-0.3, -0.25) is 10.1 Å². The highest BCUT2D eigenvalue weighted by Gasteiger charge is 2.21. The summed E-state index contributed by atoms with van der Waals surface area (Å²) in [6.45, 7) is 0.350. The van der Waals surface area contributed by atoms with Crippen molar-refractivity contribution >= 4 is 29.1 Å². The summed E-state index contributed by atoms with van der Waals surface area (Å²) in [5.74, 6) is -2.18. The van der Waals surface area contributed by atoms with Gasteiger partial charge in [-0.05, 0) is 30.2 Å². The van der Waals surface area contributed by atoms with Gasteiger partial charge in [0.05, 0.1) is 17.2 Å². The zero-order valence-electron chi connectivity index (χ0n) is 13.7. The molecule has 0 aromatic carbocycles. The first-order valence-electron chi connectivity index (χ1n) is 8.04. The summed E-state index contributed by atoms with van der Waals surface area (Å²) in [5, 5.41) is 22.8. The number of aromatic amines is 1. The minimum Gasteiger partial charge on any atom is -0.501 e. The molecule has 1 fully saturated rings. The molecule has 2 heterocycles. The van der Waals surface area contributed by atoms with Crippen molar-refractivity contribution in [1.29, 1.82) is 0 Å². The summed E-state index contributed by atoms with van der Waals surface area (Å²) < 4.78 is 5.22. The lowest BCUT2D eigenvalue weighted by molar-refractivity contribution is 0.0686. The number of hydrogen-bond donors (Lipinski definition) is 4. The first-order valence-corrected chi connectivity index (χ1v) is 8.92. The minimum atomic E-state index is -1.53. The molecule has 138 valence electrons. The van der Waals surface area contributed by atoms with Gasteiger partial charge in [0.1, 0.15) is 0 Å². The molecule has 9 nitrogen and oxygen atoms in total. The van der Waals surface area contributed by atoms with Gasteiger partial charge in [-0.15, -0.1) is 11.3 Å². The number of aromatic hydroxyl groups is 1. The van der Waals surface area contributed by atoms with Crippen LogP contribution in [-0.4, -0.2) is 38.9 Å². The topological polar surface area (TPSA) is 142 Å². The van der Waals surface area contributed by atoms with E-state index in [9.17, 15) is 19.5 Å². The molecule has 3 rings (SSSR count). The Kier molecular flexibility index (Phi) is 5.21. The first kappa shape index (κ1) is 17.9. The molecule has 0 unspecified atom stereocenters. The number of hydrogen-bond acceptors (Lipinski definition) is 7. The van der Waals surface area contributed by atoms with Crippen LogP contribution in [0, 0.1) is 5.92 Å². The molecule has 1 saturated carbocycles. The van der Waals surface area contributed by atoms with E-state index in [0.717, 1.165) is 37.0 Å². The van der Waals surface area contributed by atoms with Crippen molar-refractivity contribution in [3.63, 3.8) is 0 Å². The van der Waals surface area contributed by atoms with Gasteiger partial charge in [0.15, 0.2) is 11.5 Å². The number of carboxylic acid groups (broad SMARTS) is 1. The fourth-order valence-corrected chi connectivity index (χ4v) is 3.63. The van der Waals surface area contributed by atoms with Crippen molar-refractivity contribution in [2.24, 2.45) is 5.92 Å². The second-order valence-electron chi connectivity index (χ2n) is 5.95. The average molecular weight is 379 g/mol. The average Bonchev–Trinajstić information content (AvgIpc) is 3.26. The van der Waals surface area contributed by atoms with Gasteiger partial charge in [0, 0.05) is 0 Å². The Morgan fingerprint density at radius 2 is 2.12 bits per heavy atom. The number of nitrogens with zero attached hydrogens (tertiary/aromatic N) is 1. The normalized spacial score (nSPS) is 14.3. The standard InChI is InChI=1S/C16H17N3O6S/c20-11-10(15(22)23)18-13(19-14(11)21)12-9(5-6-26-12)17-16(24)25-7-8-3-1-2-4-8/h5-6,8,20H,1-4,7H2,(H,17,24)(H,22,23)(H,18,19,21). The van der Waals surface area contributed by atoms with Gasteiger partial charge >= 0.3 is 12.1 Å². The molecule has 1 aliphatic rings. The van der Waals surface area contributed by atoms with Crippen molar-refractivity contribution < 1.29 is 24.5 Å². The van der Waals surface area contributed by atoms with Crippen molar-refractivity contribution in [3.8, 4) is 16.5 Å². The molecule has 0 spiro atoms. The molecule has 0 radical (unpaired) electrons. The highest BCUT2D eigenvalue weighted by Crippen LogP contribution is 2.32. The van der Waals surface area contributed by atoms with Crippen molar-refractivity contribution in [1.82, 2.24) is 9.97 Å². The SMILES string of the molecule is O=C(Nc1ccsc1-c1nc(C(=O)O)c(O)c(=O)[nH]1)OCC1CCCC1. The summed E-state index contributed by atoms with van der Waals surface area (Å²) in [5.41, 5.74) is -1.40. The zero-order chi connectivity index (χ0) is 18.7. The first-order chi connectivity index (χ1) is 12.5. The number of carbonyl (C=O) groups is 2. The number of amides is 1. The highest BCUT2D eigenvalue weighted by molar-refractivity contribution is 7.14. The van der Waals surface area contributed by atoms with E-state index in [1.165, 1.54) is 0 Å². The number of thiophene rings is 1. The number of rotatable bonds is 5. The van der Waals surface area contributed by atoms with Crippen LogP contribution >= 0.6 is 11.3 Å². The third-order valence-electron chi connectivity index (χ3n) is 4.14. The third-order valence-corrected chi connectivity index (χ3v) is 5.06. The van der Waals surface area contributed by atoms with Gasteiger partial charge in [-0.25, -0.2) is 14.6 Å². The smallest absolute Gasteiger partial charge is 0.411 e. The maximum absolute atomic E-state index is 12.0. The Balaban J connectivity index is 1.77. The number of carbonyl (C=O) groups excluding carboxylic acids is 1. The number of anilines is 1. The minimum absolute atomic E-state index is 0.0636. The maximum atomic E-state index is 12.0. The van der Waals surface area contributed by atoms with E-state index >= 15 is 0 Å². The lowest BCUT2D eigenvalue weighted by atomic mass is 10.1. The van der Waals surface area contributed by atoms with Crippen LogP contribution in [0.15, 0.2) is 16.2 Å². The van der Waals surface area contributed by atoms with E-state index in [4.69, 9.17) is 9.84 Å². The summed E-state index contributed by atoms with van der Waals surface area (Å²) in [6.07, 6.45) is 3.77. The molecular weight excluding hydrogens is 362 g/mol. The van der Waals surface area contributed by atoms with Crippen molar-refractivity contribution in [3.05, 3.63) is 27.5 Å². The zero-order valence-corrected chi connectivity index (χ0v) is 14.5. The monoisotopic (exact) mass is 379 g/mol. The third kappa shape index (κ3) is 3.85. The Bertz CT molecular complexity index is 884. The van der Waals surface area contributed by atoms with Crippen molar-refractivity contribution in [2.75, 3.05) is 11.9 Å². The van der Waals surface area contributed by atoms with E-state index in [-0.39, 0.29) is 5.82 Å². The van der Waals surface area contributed by atoms with Crippen LogP contribution in [0.2, 0.25) is 0 Å². The van der Waals surface area contributed by atoms with Crippen LogP contribution in [0.5, 0.6) is 5.75 Å². The molecular formula is C16H17N3O6S. The van der Waals surface area contributed by atoms with Gasteiger partial charge < -0.3 is 19.9 Å². The molecule has 4 N–H and O–H groups in total. The molecule has 0 saturated heterocycles. The molecule has 0 aliphatic heterocycles. The highest BCUT2D eigenvalue weighted by atomic mass is 32.1. The molecule has 2 aromatic rings. The molecule has 10 heteroatoms. The molecule has 1 amide bonds. The van der Waals surface area contributed by atoms with Gasteiger partial charge in [-0.1, -0.05) is 12.8 Å². The van der Waals surface area contributed by atoms with Crippen LogP contribution in [-0.2, 0) is 4.74 Å². The van der Waals surface area contributed by atoms with Crippen molar-refractivity contribution in [2.45, 2.75) is 25.7 Å². The predicted octanol–water partition coefficient (Wildman–Crippen LogP) is 2.64. The number of aromatic nitrogens is 2. The largest absolute Gasteiger partial charge is 0.501 e. The van der Waals surface area contributed by atoms with E-state index in [0.29, 0.717) is 23.1 Å². The van der Waals surface area contributed by atoms with Crippen LogP contribution in [0.25, 0.3) is 10.7 Å². The maximum Gasteiger partial charge on any atom is 0.411 e. The lowest BCUT2D eigenvalue weighted by Gasteiger charge is -2.11. The quantitative estimate of drug-likeness (QED) is 0.625. The predicted molar refractivity (Wildman–Crippen MR) is 93.7 cm³/mol. The second kappa shape index (κ2) is 7.56. The van der Waals surface area contributed by atoms with Gasteiger partial charge in [-0.2, -0.15) is 0 Å². The Morgan fingerprint density at radius 1 is 1.38 bits per heavy atom. The molecule has 2 aromatic heterocycles. The van der Waals surface area contributed by atoms with E-state index in [1.807, 2.05) is 0 Å². The van der Waals surface area contributed by atoms with Crippen LogP contribution < -0.4 is 10.9 Å². The number of nitrogens with one attached hydrogen (secondary N) is 2. The van der Waals surface area contributed by atoms with Gasteiger partial charge in [0.2, 0.25) is 5.75 Å². The Hall–Kier alpha value is -2.88. The van der Waals surface area contributed by atoms with Crippen LogP contribution in [0.4, 0.5) is 10.5 Å². The molecule has 0 bridgehead atoms. The number of aromatic carboxylic acids is 1. The van der Waals surface area contributed by atoms with Crippen LogP contribution in [0.1, 0.15) is 36.2 Å². The van der Waals surface area contributed by atoms with E-state index in [1.54, 1.807) is 11.4 Å². The second-order valence-corrected chi connectivity index (χ2v) is 6.87. The fourth-order valence-electron chi connectivity index (χ4n) is 2.83. The lowest BCUT2D eigenvalue weighted by Crippen LogP contribution is -2.18. The molecule has 1 aliphatic carbocycles. The summed E-state index contributed by atoms with van der Waals surface area (Å²) in [4.78, 5) is 41.2. The summed E-state index contributed by atoms with van der Waals surface area (Å²) in [6, 6.07) is 1.59. The Morgan fingerprint density at radius 3 is 2.81 bits per heavy atom. The van der Waals surface area contributed by atoms with E-state index in [2.05, 4.69) is 15.3 Å². The Labute approximate surface area is 151 Å². The summed E-state index contributed by atoms with van der Waals surface area (Å²) in [7, 11) is 0. The summed E-state index contributed by atoms with van der Waals surface area (Å²) >= 11 is 1.15. The number of ether oxygens (including phenoxy) is 1. The van der Waals surface area contributed by atoms with Gasteiger partial charge in [0.25, 0.3) is 5.56 Å². The fraction of sp³-hybridized carbons (Fsp3) is 0.375. The van der Waals surface area contributed by atoms with Crippen LogP contribution in [0.3, 0.4) is 0 Å². The molecule has 26 heavy (non-hydrogen) atoms. The van der Waals surface area contributed by atoms with E-state index < -0.39 is 29.1 Å². The number of H-pyrrole nitrogens is 1. The number of carboxylic acids is 1. The molecule has 0 atom stereocenters.